The smallest absolute Gasteiger partial charge is 0.321 e. The van der Waals surface area contributed by atoms with Crippen LogP contribution in [-0.4, -0.2) is 46.0 Å². The highest BCUT2D eigenvalue weighted by atomic mass is 32.2. The monoisotopic (exact) mass is 501 g/mol. The molecular weight excluding hydrogens is 482 g/mol. The molecule has 0 saturated heterocycles. The first kappa shape index (κ1) is 23.2. The van der Waals surface area contributed by atoms with Crippen LogP contribution in [0.5, 0.6) is 11.9 Å². The van der Waals surface area contributed by atoms with Crippen LogP contribution in [0.1, 0.15) is 0 Å². The number of hydrogen-bond acceptors (Lipinski definition) is 9. The molecule has 0 fully saturated rings. The molecule has 13 heteroatoms. The Morgan fingerprint density at radius 2 is 1.53 bits per heavy atom. The number of pyridine rings is 1. The predicted molar refractivity (Wildman–Crippen MR) is 125 cm³/mol. The van der Waals surface area contributed by atoms with Crippen molar-refractivity contribution in [1.82, 2.24) is 15.0 Å². The average Bonchev–Trinajstić information content (AvgIpc) is 2.83. The second kappa shape index (κ2) is 9.11. The molecule has 34 heavy (non-hydrogen) atoms. The van der Waals surface area contributed by atoms with E-state index >= 15 is 0 Å². The van der Waals surface area contributed by atoms with Crippen LogP contribution in [0.2, 0.25) is 0 Å². The Bertz CT molecular complexity index is 1530. The van der Waals surface area contributed by atoms with E-state index in [1.807, 2.05) is 0 Å². The highest BCUT2D eigenvalue weighted by Crippen LogP contribution is 2.25. The molecule has 0 saturated carbocycles. The van der Waals surface area contributed by atoms with Crippen molar-refractivity contribution >= 4 is 42.5 Å². The lowest BCUT2D eigenvalue weighted by molar-refractivity contribution is 0.353. The van der Waals surface area contributed by atoms with E-state index in [0.717, 1.165) is 0 Å². The van der Waals surface area contributed by atoms with Crippen molar-refractivity contribution in [3.05, 3.63) is 66.9 Å². The Morgan fingerprint density at radius 1 is 0.794 bits per heavy atom. The van der Waals surface area contributed by atoms with E-state index < -0.39 is 20.0 Å². The molecule has 176 valence electrons. The molecular formula is C21H19N5O6S2. The van der Waals surface area contributed by atoms with E-state index in [2.05, 4.69) is 24.4 Å². The third-order valence-electron chi connectivity index (χ3n) is 4.61. The standard InChI is InChI=1S/C21H19N5O6S2/c1-31-19-13-18(23-21(24-19)32-2)26-33(27,28)16-10-8-15(9-11-16)25-34(29,30)17-7-3-5-14-6-4-12-22-20(14)17/h3-13,25H,1-2H3,(H,23,24,26). The Hall–Kier alpha value is -3.97. The highest BCUT2D eigenvalue weighted by Gasteiger charge is 2.20. The SMILES string of the molecule is COc1cc(NS(=O)(=O)c2ccc(NS(=O)(=O)c3cccc4cccnc34)cc2)nc(OC)n1. The first-order chi connectivity index (χ1) is 16.2. The fraction of sp³-hybridized carbons (Fsp3) is 0.0952. The van der Waals surface area contributed by atoms with Crippen LogP contribution in [-0.2, 0) is 20.0 Å². The Morgan fingerprint density at radius 3 is 2.24 bits per heavy atom. The van der Waals surface area contributed by atoms with Crippen LogP contribution in [0.25, 0.3) is 10.9 Å². The largest absolute Gasteiger partial charge is 0.481 e. The Labute approximate surface area is 195 Å². The van der Waals surface area contributed by atoms with Gasteiger partial charge in [-0.15, -0.1) is 0 Å². The normalized spacial score (nSPS) is 11.7. The van der Waals surface area contributed by atoms with Gasteiger partial charge in [0.2, 0.25) is 5.88 Å². The predicted octanol–water partition coefficient (Wildman–Crippen LogP) is 2.64. The number of para-hydroxylation sites is 1. The van der Waals surface area contributed by atoms with Gasteiger partial charge in [0.05, 0.1) is 24.6 Å². The van der Waals surface area contributed by atoms with E-state index in [1.165, 1.54) is 56.8 Å². The van der Waals surface area contributed by atoms with E-state index in [4.69, 9.17) is 9.47 Å². The van der Waals surface area contributed by atoms with Crippen LogP contribution < -0.4 is 18.9 Å². The van der Waals surface area contributed by atoms with Crippen molar-refractivity contribution in [3.8, 4) is 11.9 Å². The Kier molecular flexibility index (Phi) is 6.22. The molecule has 2 aromatic heterocycles. The van der Waals surface area contributed by atoms with Crippen LogP contribution in [0.4, 0.5) is 11.5 Å². The number of rotatable bonds is 8. The second-order valence-corrected chi connectivity index (χ2v) is 10.2. The van der Waals surface area contributed by atoms with Crippen molar-refractivity contribution in [1.29, 1.82) is 0 Å². The minimum Gasteiger partial charge on any atom is -0.481 e. The third-order valence-corrected chi connectivity index (χ3v) is 7.40. The number of nitrogens with zero attached hydrogens (tertiary/aromatic N) is 3. The molecule has 2 N–H and O–H groups in total. The van der Waals surface area contributed by atoms with Gasteiger partial charge in [-0.1, -0.05) is 18.2 Å². The summed E-state index contributed by atoms with van der Waals surface area (Å²) in [6, 6.07) is 14.7. The topological polar surface area (TPSA) is 149 Å². The third kappa shape index (κ3) is 4.84. The number of hydrogen-bond donors (Lipinski definition) is 2. The van der Waals surface area contributed by atoms with Crippen LogP contribution in [0, 0.1) is 0 Å². The zero-order valence-corrected chi connectivity index (χ0v) is 19.6. The van der Waals surface area contributed by atoms with Gasteiger partial charge in [0.1, 0.15) is 4.90 Å². The van der Waals surface area contributed by atoms with Crippen molar-refractivity contribution in [2.24, 2.45) is 0 Å². The average molecular weight is 502 g/mol. The number of nitrogens with one attached hydrogen (secondary N) is 2. The number of ether oxygens (including phenoxy) is 2. The minimum atomic E-state index is -4.04. The molecule has 0 atom stereocenters. The summed E-state index contributed by atoms with van der Waals surface area (Å²) >= 11 is 0. The Balaban J connectivity index is 1.57. The number of methoxy groups -OCH3 is 2. The molecule has 4 rings (SSSR count). The minimum absolute atomic E-state index is 0.00983. The van der Waals surface area contributed by atoms with Crippen molar-refractivity contribution < 1.29 is 26.3 Å². The number of benzene rings is 2. The maximum absolute atomic E-state index is 12.9. The summed E-state index contributed by atoms with van der Waals surface area (Å²) in [5.41, 5.74) is 0.508. The maximum atomic E-state index is 12.9. The van der Waals surface area contributed by atoms with Crippen LogP contribution in [0.3, 0.4) is 0 Å². The maximum Gasteiger partial charge on any atom is 0.321 e. The fourth-order valence-corrected chi connectivity index (χ4v) is 5.29. The lowest BCUT2D eigenvalue weighted by atomic mass is 10.2. The number of fused-ring (bicyclic) bond motifs is 1. The number of anilines is 2. The number of sulfonamides is 2. The van der Waals surface area contributed by atoms with Gasteiger partial charge in [0.25, 0.3) is 20.0 Å². The van der Waals surface area contributed by atoms with Crippen LogP contribution >= 0.6 is 0 Å². The van der Waals surface area contributed by atoms with Gasteiger partial charge >= 0.3 is 6.01 Å². The van der Waals surface area contributed by atoms with Crippen LogP contribution in [0.15, 0.2) is 76.7 Å². The number of aromatic nitrogens is 3. The molecule has 2 aromatic carbocycles. The molecule has 0 unspecified atom stereocenters. The van der Waals surface area contributed by atoms with Gasteiger partial charge < -0.3 is 9.47 Å². The molecule has 2 heterocycles. The quantitative estimate of drug-likeness (QED) is 0.371. The molecule has 0 radical (unpaired) electrons. The fourth-order valence-electron chi connectivity index (χ4n) is 3.05. The summed E-state index contributed by atoms with van der Waals surface area (Å²) in [6.45, 7) is 0. The van der Waals surface area contributed by atoms with Gasteiger partial charge in [0.15, 0.2) is 5.82 Å². The molecule has 0 amide bonds. The molecule has 0 aliphatic heterocycles. The van der Waals surface area contributed by atoms with E-state index in [0.29, 0.717) is 10.9 Å². The summed E-state index contributed by atoms with van der Waals surface area (Å²) in [5.74, 6) is 0.0502. The zero-order valence-electron chi connectivity index (χ0n) is 18.0. The molecule has 0 spiro atoms. The molecule has 4 aromatic rings. The first-order valence-electron chi connectivity index (χ1n) is 9.68. The lowest BCUT2D eigenvalue weighted by Gasteiger charge is -2.12. The lowest BCUT2D eigenvalue weighted by Crippen LogP contribution is -2.16. The summed E-state index contributed by atoms with van der Waals surface area (Å²) in [4.78, 5) is 11.9. The highest BCUT2D eigenvalue weighted by molar-refractivity contribution is 7.93. The second-order valence-electron chi connectivity index (χ2n) is 6.85. The van der Waals surface area contributed by atoms with Crippen molar-refractivity contribution in [2.45, 2.75) is 9.79 Å². The first-order valence-corrected chi connectivity index (χ1v) is 12.6. The van der Waals surface area contributed by atoms with Gasteiger partial charge in [-0.2, -0.15) is 9.97 Å². The van der Waals surface area contributed by atoms with E-state index in [-0.39, 0.29) is 33.2 Å². The zero-order chi connectivity index (χ0) is 24.3. The van der Waals surface area contributed by atoms with Crippen molar-refractivity contribution in [3.63, 3.8) is 0 Å². The molecule has 0 aliphatic carbocycles. The molecule has 11 nitrogen and oxygen atoms in total. The molecule has 0 bridgehead atoms. The summed E-state index contributed by atoms with van der Waals surface area (Å²) in [7, 11) is -5.31. The van der Waals surface area contributed by atoms with Gasteiger partial charge in [-0.25, -0.2) is 16.8 Å². The van der Waals surface area contributed by atoms with Gasteiger partial charge in [0, 0.05) is 23.3 Å². The summed E-state index contributed by atoms with van der Waals surface area (Å²) < 4.78 is 66.1. The van der Waals surface area contributed by atoms with E-state index in [9.17, 15) is 16.8 Å². The van der Waals surface area contributed by atoms with Gasteiger partial charge in [-0.05, 0) is 36.4 Å². The van der Waals surface area contributed by atoms with Gasteiger partial charge in [-0.3, -0.25) is 14.4 Å². The molecule has 0 aliphatic rings. The van der Waals surface area contributed by atoms with Crippen molar-refractivity contribution in [2.75, 3.05) is 23.7 Å². The summed E-state index contributed by atoms with van der Waals surface area (Å²) in [5, 5.41) is 0.677. The summed E-state index contributed by atoms with van der Waals surface area (Å²) in [6.07, 6.45) is 1.51. The van der Waals surface area contributed by atoms with E-state index in [1.54, 1.807) is 24.3 Å².